The molecule has 4 aromatic rings. The standard InChI is InChI=1S/C28H29N3O3/c1-33-26-10-5-8-23(28(26)34-2)15-16-27(32)29-19-24-7-3-4-9-25(24)22-13-11-21(12-14-22)20-31-18-6-17-30-31/h3-14,17-18H,15-16,19-20H2,1-2H3,(H,29,32). The summed E-state index contributed by atoms with van der Waals surface area (Å²) in [5.41, 5.74) is 5.45. The van der Waals surface area contributed by atoms with E-state index in [4.69, 9.17) is 9.47 Å². The number of ether oxygens (including phenoxy) is 2. The first kappa shape index (κ1) is 23.1. The zero-order valence-electron chi connectivity index (χ0n) is 19.5. The van der Waals surface area contributed by atoms with Crippen molar-refractivity contribution in [2.75, 3.05) is 14.2 Å². The Morgan fingerprint density at radius 3 is 2.44 bits per heavy atom. The van der Waals surface area contributed by atoms with Crippen LogP contribution in [0.5, 0.6) is 11.5 Å². The number of carbonyl (C=O) groups is 1. The lowest BCUT2D eigenvalue weighted by atomic mass is 9.98. The highest BCUT2D eigenvalue weighted by Crippen LogP contribution is 2.31. The number of aromatic nitrogens is 2. The molecule has 174 valence electrons. The van der Waals surface area contributed by atoms with Crippen LogP contribution >= 0.6 is 0 Å². The normalized spacial score (nSPS) is 10.6. The van der Waals surface area contributed by atoms with E-state index in [2.05, 4.69) is 46.8 Å². The zero-order chi connectivity index (χ0) is 23.8. The predicted molar refractivity (Wildman–Crippen MR) is 133 cm³/mol. The Morgan fingerprint density at radius 2 is 1.71 bits per heavy atom. The number of methoxy groups -OCH3 is 2. The highest BCUT2D eigenvalue weighted by atomic mass is 16.5. The van der Waals surface area contributed by atoms with Crippen molar-refractivity contribution in [1.29, 1.82) is 0 Å². The highest BCUT2D eigenvalue weighted by Gasteiger charge is 2.12. The topological polar surface area (TPSA) is 65.4 Å². The lowest BCUT2D eigenvalue weighted by molar-refractivity contribution is -0.121. The van der Waals surface area contributed by atoms with E-state index in [1.54, 1.807) is 20.4 Å². The fraction of sp³-hybridized carbons (Fsp3) is 0.214. The Balaban J connectivity index is 1.37. The van der Waals surface area contributed by atoms with E-state index in [1.165, 1.54) is 5.56 Å². The van der Waals surface area contributed by atoms with Crippen molar-refractivity contribution < 1.29 is 14.3 Å². The van der Waals surface area contributed by atoms with Crippen molar-refractivity contribution in [2.45, 2.75) is 25.9 Å². The summed E-state index contributed by atoms with van der Waals surface area (Å²) in [6.45, 7) is 1.21. The molecule has 0 bridgehead atoms. The van der Waals surface area contributed by atoms with Gasteiger partial charge in [0.15, 0.2) is 11.5 Å². The van der Waals surface area contributed by atoms with Crippen molar-refractivity contribution in [3.05, 3.63) is 102 Å². The summed E-state index contributed by atoms with van der Waals surface area (Å²) in [7, 11) is 3.22. The van der Waals surface area contributed by atoms with Crippen molar-refractivity contribution >= 4 is 5.91 Å². The molecule has 0 saturated heterocycles. The minimum Gasteiger partial charge on any atom is -0.493 e. The molecule has 0 aliphatic rings. The molecule has 0 spiro atoms. The van der Waals surface area contributed by atoms with Gasteiger partial charge in [0.1, 0.15) is 0 Å². The molecule has 6 nitrogen and oxygen atoms in total. The van der Waals surface area contributed by atoms with E-state index < -0.39 is 0 Å². The number of hydrogen-bond donors (Lipinski definition) is 1. The van der Waals surface area contributed by atoms with Crippen LogP contribution < -0.4 is 14.8 Å². The summed E-state index contributed by atoms with van der Waals surface area (Å²) < 4.78 is 12.7. The monoisotopic (exact) mass is 455 g/mol. The smallest absolute Gasteiger partial charge is 0.220 e. The van der Waals surface area contributed by atoms with Gasteiger partial charge in [-0.1, -0.05) is 60.7 Å². The van der Waals surface area contributed by atoms with E-state index >= 15 is 0 Å². The molecule has 0 aliphatic carbocycles. The summed E-state index contributed by atoms with van der Waals surface area (Å²) >= 11 is 0. The third-order valence-corrected chi connectivity index (χ3v) is 5.77. The number of rotatable bonds is 10. The molecule has 3 aromatic carbocycles. The van der Waals surface area contributed by atoms with E-state index in [0.717, 1.165) is 28.8 Å². The van der Waals surface area contributed by atoms with Crippen LogP contribution in [0.15, 0.2) is 85.2 Å². The van der Waals surface area contributed by atoms with Crippen molar-refractivity contribution in [3.63, 3.8) is 0 Å². The average molecular weight is 456 g/mol. The van der Waals surface area contributed by atoms with Crippen LogP contribution in [0.4, 0.5) is 0 Å². The quantitative estimate of drug-likeness (QED) is 0.371. The average Bonchev–Trinajstić information content (AvgIpc) is 3.39. The fourth-order valence-electron chi connectivity index (χ4n) is 4.01. The Morgan fingerprint density at radius 1 is 0.912 bits per heavy atom. The van der Waals surface area contributed by atoms with Gasteiger partial charge in [0.2, 0.25) is 5.91 Å². The largest absolute Gasteiger partial charge is 0.493 e. The molecular weight excluding hydrogens is 426 g/mol. The minimum atomic E-state index is -0.00533. The zero-order valence-corrected chi connectivity index (χ0v) is 19.5. The molecule has 34 heavy (non-hydrogen) atoms. The van der Waals surface area contributed by atoms with Gasteiger partial charge in [-0.3, -0.25) is 9.48 Å². The maximum absolute atomic E-state index is 12.6. The highest BCUT2D eigenvalue weighted by molar-refractivity contribution is 5.77. The predicted octanol–water partition coefficient (Wildman–Crippen LogP) is 4.86. The second kappa shape index (κ2) is 11.2. The molecule has 4 rings (SSSR count). The molecule has 1 amide bonds. The van der Waals surface area contributed by atoms with Gasteiger partial charge in [-0.25, -0.2) is 0 Å². The van der Waals surface area contributed by atoms with Crippen LogP contribution in [-0.4, -0.2) is 29.9 Å². The Kier molecular flexibility index (Phi) is 7.60. The molecule has 1 N–H and O–H groups in total. The molecule has 0 fully saturated rings. The first-order valence-corrected chi connectivity index (χ1v) is 11.3. The fourth-order valence-corrected chi connectivity index (χ4v) is 4.01. The number of benzene rings is 3. The molecule has 0 atom stereocenters. The third kappa shape index (κ3) is 5.64. The molecule has 0 saturated carbocycles. The lowest BCUT2D eigenvalue weighted by Gasteiger charge is -2.13. The van der Waals surface area contributed by atoms with Crippen LogP contribution in [0.3, 0.4) is 0 Å². The number of nitrogens with zero attached hydrogens (tertiary/aromatic N) is 2. The summed E-state index contributed by atoms with van der Waals surface area (Å²) in [6.07, 6.45) is 4.68. The summed E-state index contributed by atoms with van der Waals surface area (Å²) in [5.74, 6) is 1.35. The van der Waals surface area contributed by atoms with Gasteiger partial charge in [-0.15, -0.1) is 0 Å². The van der Waals surface area contributed by atoms with Gasteiger partial charge in [0.25, 0.3) is 0 Å². The lowest BCUT2D eigenvalue weighted by Crippen LogP contribution is -2.23. The number of para-hydroxylation sites is 1. The summed E-state index contributed by atoms with van der Waals surface area (Å²) in [5, 5.41) is 7.33. The first-order chi connectivity index (χ1) is 16.7. The van der Waals surface area contributed by atoms with Crippen LogP contribution in [0.25, 0.3) is 11.1 Å². The maximum Gasteiger partial charge on any atom is 0.220 e. The molecule has 1 heterocycles. The van der Waals surface area contributed by atoms with Gasteiger partial charge in [-0.2, -0.15) is 5.10 Å². The van der Waals surface area contributed by atoms with Crippen molar-refractivity contribution in [3.8, 4) is 22.6 Å². The van der Waals surface area contributed by atoms with Gasteiger partial charge < -0.3 is 14.8 Å². The molecule has 1 aromatic heterocycles. The summed E-state index contributed by atoms with van der Waals surface area (Å²) in [6, 6.07) is 24.3. The third-order valence-electron chi connectivity index (χ3n) is 5.77. The Labute approximate surface area is 200 Å². The van der Waals surface area contributed by atoms with Crippen LogP contribution in [0.1, 0.15) is 23.1 Å². The maximum atomic E-state index is 12.6. The minimum absolute atomic E-state index is 0.00533. The van der Waals surface area contributed by atoms with Crippen molar-refractivity contribution in [1.82, 2.24) is 15.1 Å². The molecular formula is C28H29N3O3. The van der Waals surface area contributed by atoms with E-state index in [9.17, 15) is 4.79 Å². The van der Waals surface area contributed by atoms with E-state index in [1.807, 2.05) is 47.3 Å². The second-order valence-corrected chi connectivity index (χ2v) is 7.99. The first-order valence-electron chi connectivity index (χ1n) is 11.3. The van der Waals surface area contributed by atoms with Gasteiger partial charge in [0, 0.05) is 25.4 Å². The molecule has 0 radical (unpaired) electrons. The molecule has 6 heteroatoms. The molecule has 0 aliphatic heterocycles. The number of carbonyl (C=O) groups excluding carboxylic acids is 1. The van der Waals surface area contributed by atoms with Crippen LogP contribution in [-0.2, 0) is 24.3 Å². The SMILES string of the molecule is COc1cccc(CCC(=O)NCc2ccccc2-c2ccc(Cn3cccn3)cc2)c1OC. The van der Waals surface area contributed by atoms with Gasteiger partial charge in [-0.05, 0) is 46.4 Å². The van der Waals surface area contributed by atoms with Gasteiger partial charge in [0.05, 0.1) is 20.8 Å². The number of aryl methyl sites for hydroxylation is 1. The number of nitrogens with one attached hydrogen (secondary N) is 1. The second-order valence-electron chi connectivity index (χ2n) is 7.99. The van der Waals surface area contributed by atoms with E-state index in [0.29, 0.717) is 30.9 Å². The Hall–Kier alpha value is -4.06. The Bertz CT molecular complexity index is 1220. The van der Waals surface area contributed by atoms with Crippen LogP contribution in [0, 0.1) is 0 Å². The van der Waals surface area contributed by atoms with Crippen molar-refractivity contribution in [2.24, 2.45) is 0 Å². The number of amides is 1. The van der Waals surface area contributed by atoms with Gasteiger partial charge >= 0.3 is 0 Å². The van der Waals surface area contributed by atoms with E-state index in [-0.39, 0.29) is 5.91 Å². The van der Waals surface area contributed by atoms with Crippen LogP contribution in [0.2, 0.25) is 0 Å². The molecule has 0 unspecified atom stereocenters. The number of hydrogen-bond acceptors (Lipinski definition) is 4. The summed E-state index contributed by atoms with van der Waals surface area (Å²) in [4.78, 5) is 12.6.